The van der Waals surface area contributed by atoms with Crippen LogP contribution in [0.2, 0.25) is 0 Å². The lowest BCUT2D eigenvalue weighted by Gasteiger charge is -2.35. The molecule has 2 aromatic heterocycles. The summed E-state index contributed by atoms with van der Waals surface area (Å²) in [6.45, 7) is 10.1. The maximum Gasteiger partial charge on any atom is 0.252 e. The summed E-state index contributed by atoms with van der Waals surface area (Å²) in [5.41, 5.74) is 2.85. The van der Waals surface area contributed by atoms with Crippen molar-refractivity contribution in [1.29, 1.82) is 0 Å². The molecule has 1 aliphatic heterocycles. The lowest BCUT2D eigenvalue weighted by Crippen LogP contribution is -2.52. The Hall–Kier alpha value is -2.73. The van der Waals surface area contributed by atoms with Crippen molar-refractivity contribution in [2.75, 3.05) is 19.6 Å². The molecule has 3 heterocycles. The normalized spacial score (nSPS) is 15.4. The van der Waals surface area contributed by atoms with Crippen molar-refractivity contribution in [3.05, 3.63) is 48.3 Å². The van der Waals surface area contributed by atoms with Crippen LogP contribution in [-0.2, 0) is 6.54 Å². The van der Waals surface area contributed by atoms with Gasteiger partial charge in [-0.05, 0) is 58.8 Å². The predicted octanol–water partition coefficient (Wildman–Crippen LogP) is 4.11. The zero-order valence-electron chi connectivity index (χ0n) is 18.2. The topological polar surface area (TPSA) is 63.1 Å². The van der Waals surface area contributed by atoms with Crippen molar-refractivity contribution in [2.45, 2.75) is 52.1 Å². The number of benzene rings is 1. The van der Waals surface area contributed by atoms with E-state index in [1.54, 1.807) is 0 Å². The first-order valence-corrected chi connectivity index (χ1v) is 10.9. The van der Waals surface area contributed by atoms with Crippen molar-refractivity contribution in [3.63, 3.8) is 0 Å². The first kappa shape index (κ1) is 20.5. The molecule has 1 aromatic carbocycles. The summed E-state index contributed by atoms with van der Waals surface area (Å²) >= 11 is 0. The van der Waals surface area contributed by atoms with Crippen molar-refractivity contribution >= 4 is 16.8 Å². The number of nitrogens with zero attached hydrogens (tertiary/aromatic N) is 4. The van der Waals surface area contributed by atoms with Crippen LogP contribution < -0.4 is 5.32 Å². The Morgan fingerprint density at radius 1 is 1.17 bits per heavy atom. The number of hydrogen-bond donors (Lipinski definition) is 1. The minimum atomic E-state index is -0.313. The number of aryl methyl sites for hydroxylation is 1. The number of fused-ring (bicyclic) bond motifs is 1. The summed E-state index contributed by atoms with van der Waals surface area (Å²) in [4.78, 5) is 20.6. The number of amides is 1. The molecular weight excluding hydrogens is 374 g/mol. The minimum Gasteiger partial charge on any atom is -0.346 e. The Morgan fingerprint density at radius 3 is 2.67 bits per heavy atom. The van der Waals surface area contributed by atoms with Gasteiger partial charge >= 0.3 is 0 Å². The van der Waals surface area contributed by atoms with E-state index < -0.39 is 0 Å². The van der Waals surface area contributed by atoms with E-state index in [-0.39, 0.29) is 11.4 Å². The van der Waals surface area contributed by atoms with Gasteiger partial charge in [0.1, 0.15) is 0 Å². The summed E-state index contributed by atoms with van der Waals surface area (Å²) in [5.74, 6) is -0.0558. The average molecular weight is 406 g/mol. The summed E-state index contributed by atoms with van der Waals surface area (Å²) in [6.07, 6.45) is 7.58. The van der Waals surface area contributed by atoms with Gasteiger partial charge in [0.05, 0.1) is 23.0 Å². The molecule has 0 unspecified atom stereocenters. The van der Waals surface area contributed by atoms with E-state index in [2.05, 4.69) is 29.2 Å². The van der Waals surface area contributed by atoms with E-state index in [1.807, 2.05) is 54.3 Å². The number of likely N-dealkylation sites (tertiary alicyclic amines) is 1. The van der Waals surface area contributed by atoms with E-state index in [1.165, 1.54) is 19.3 Å². The van der Waals surface area contributed by atoms with Crippen LogP contribution in [0, 0.1) is 0 Å². The molecule has 1 fully saturated rings. The van der Waals surface area contributed by atoms with Gasteiger partial charge in [-0.3, -0.25) is 9.48 Å². The molecule has 1 saturated heterocycles. The van der Waals surface area contributed by atoms with E-state index in [9.17, 15) is 4.79 Å². The standard InChI is InChI=1S/C24H31N5O/c1-4-29-16-18(15-25-29)22-14-20(19-10-6-7-11-21(19)26-22)23(30)27-24(2,3)17-28-12-8-5-9-13-28/h6-7,10-11,14-16H,4-5,8-9,12-13,17H2,1-3H3,(H,27,30). The first-order valence-electron chi connectivity index (χ1n) is 10.9. The van der Waals surface area contributed by atoms with Gasteiger partial charge in [-0.2, -0.15) is 5.10 Å². The van der Waals surface area contributed by atoms with Crippen molar-refractivity contribution in [3.8, 4) is 11.3 Å². The third kappa shape index (κ3) is 4.54. The number of aromatic nitrogens is 3. The quantitative estimate of drug-likeness (QED) is 0.670. The highest BCUT2D eigenvalue weighted by Gasteiger charge is 2.26. The molecule has 3 aromatic rings. The highest BCUT2D eigenvalue weighted by Crippen LogP contribution is 2.25. The number of pyridine rings is 1. The second-order valence-electron chi connectivity index (χ2n) is 8.83. The summed E-state index contributed by atoms with van der Waals surface area (Å²) in [6, 6.07) is 9.73. The van der Waals surface area contributed by atoms with Crippen LogP contribution in [0.15, 0.2) is 42.7 Å². The van der Waals surface area contributed by atoms with Gasteiger partial charge in [0.15, 0.2) is 0 Å². The molecule has 0 aliphatic carbocycles. The van der Waals surface area contributed by atoms with Gasteiger partial charge in [-0.25, -0.2) is 4.98 Å². The molecule has 158 valence electrons. The van der Waals surface area contributed by atoms with Gasteiger partial charge in [0.2, 0.25) is 0 Å². The SMILES string of the molecule is CCn1cc(-c2cc(C(=O)NC(C)(C)CN3CCCCC3)c3ccccc3n2)cn1. The zero-order chi connectivity index (χ0) is 21.1. The number of hydrogen-bond acceptors (Lipinski definition) is 4. The molecule has 4 rings (SSSR count). The molecule has 6 nitrogen and oxygen atoms in total. The van der Waals surface area contributed by atoms with Crippen LogP contribution in [0.5, 0.6) is 0 Å². The fourth-order valence-electron chi connectivity index (χ4n) is 4.27. The monoisotopic (exact) mass is 405 g/mol. The second-order valence-corrected chi connectivity index (χ2v) is 8.83. The molecular formula is C24H31N5O. The van der Waals surface area contributed by atoms with Crippen LogP contribution >= 0.6 is 0 Å². The molecule has 6 heteroatoms. The summed E-state index contributed by atoms with van der Waals surface area (Å²) < 4.78 is 1.87. The van der Waals surface area contributed by atoms with Crippen LogP contribution in [0.4, 0.5) is 0 Å². The number of carbonyl (C=O) groups excluding carboxylic acids is 1. The fourth-order valence-corrected chi connectivity index (χ4v) is 4.27. The Morgan fingerprint density at radius 2 is 1.93 bits per heavy atom. The largest absolute Gasteiger partial charge is 0.346 e. The molecule has 1 N–H and O–H groups in total. The lowest BCUT2D eigenvalue weighted by atomic mass is 10.00. The third-order valence-corrected chi connectivity index (χ3v) is 5.73. The van der Waals surface area contributed by atoms with Gasteiger partial charge in [0.25, 0.3) is 5.91 Å². The summed E-state index contributed by atoms with van der Waals surface area (Å²) in [7, 11) is 0. The van der Waals surface area contributed by atoms with Crippen molar-refractivity contribution < 1.29 is 4.79 Å². The van der Waals surface area contributed by atoms with Crippen LogP contribution in [0.3, 0.4) is 0 Å². The third-order valence-electron chi connectivity index (χ3n) is 5.73. The maximum absolute atomic E-state index is 13.4. The number of carbonyl (C=O) groups is 1. The molecule has 0 saturated carbocycles. The van der Waals surface area contributed by atoms with Gasteiger partial charge in [-0.1, -0.05) is 24.6 Å². The van der Waals surface area contributed by atoms with E-state index in [0.29, 0.717) is 5.56 Å². The number of nitrogens with one attached hydrogen (secondary N) is 1. The molecule has 0 bridgehead atoms. The first-order chi connectivity index (χ1) is 14.4. The molecule has 30 heavy (non-hydrogen) atoms. The smallest absolute Gasteiger partial charge is 0.252 e. The Bertz CT molecular complexity index is 1030. The van der Waals surface area contributed by atoms with Crippen molar-refractivity contribution in [2.24, 2.45) is 0 Å². The van der Waals surface area contributed by atoms with Crippen LogP contribution in [-0.4, -0.2) is 50.7 Å². The predicted molar refractivity (Wildman–Crippen MR) is 120 cm³/mol. The van der Waals surface area contributed by atoms with Gasteiger partial charge in [0, 0.05) is 35.8 Å². The molecule has 0 atom stereocenters. The molecule has 1 amide bonds. The highest BCUT2D eigenvalue weighted by atomic mass is 16.1. The minimum absolute atomic E-state index is 0.0558. The summed E-state index contributed by atoms with van der Waals surface area (Å²) in [5, 5.41) is 8.51. The lowest BCUT2D eigenvalue weighted by molar-refractivity contribution is 0.0880. The molecule has 0 radical (unpaired) electrons. The second kappa shape index (κ2) is 8.56. The van der Waals surface area contributed by atoms with E-state index in [4.69, 9.17) is 4.98 Å². The van der Waals surface area contributed by atoms with Crippen LogP contribution in [0.25, 0.3) is 22.2 Å². The molecule has 0 spiro atoms. The van der Waals surface area contributed by atoms with E-state index in [0.717, 1.165) is 48.3 Å². The van der Waals surface area contributed by atoms with Crippen LogP contribution in [0.1, 0.15) is 50.4 Å². The average Bonchev–Trinajstić information content (AvgIpc) is 3.22. The Balaban J connectivity index is 1.63. The Kier molecular flexibility index (Phi) is 5.86. The van der Waals surface area contributed by atoms with Crippen molar-refractivity contribution in [1.82, 2.24) is 25.0 Å². The van der Waals surface area contributed by atoms with Gasteiger partial charge in [-0.15, -0.1) is 0 Å². The fraction of sp³-hybridized carbons (Fsp3) is 0.458. The highest BCUT2D eigenvalue weighted by molar-refractivity contribution is 6.07. The van der Waals surface area contributed by atoms with Gasteiger partial charge < -0.3 is 10.2 Å². The Labute approximate surface area is 178 Å². The maximum atomic E-state index is 13.4. The molecule has 1 aliphatic rings. The van der Waals surface area contributed by atoms with E-state index >= 15 is 0 Å². The number of piperidine rings is 1. The zero-order valence-corrected chi connectivity index (χ0v) is 18.2. The number of para-hydroxylation sites is 1. The number of rotatable bonds is 6.